The Labute approximate surface area is 146 Å². The average Bonchev–Trinajstić information content (AvgIpc) is 3.03. The van der Waals surface area contributed by atoms with Gasteiger partial charge in [-0.2, -0.15) is 0 Å². The third-order valence-corrected chi connectivity index (χ3v) is 9.61. The fraction of sp³-hybridized carbons (Fsp3) is 0.611. The first-order valence-electron chi connectivity index (χ1n) is 8.67. The van der Waals surface area contributed by atoms with Gasteiger partial charge in [0.1, 0.15) is 0 Å². The molecule has 1 spiro atoms. The van der Waals surface area contributed by atoms with Crippen LogP contribution < -0.4 is 10.9 Å². The molecule has 4 rings (SSSR count). The number of carbonyl (C=O) groups excluding carboxylic acids is 1. The molecule has 1 aromatic rings. The van der Waals surface area contributed by atoms with Gasteiger partial charge < -0.3 is 0 Å². The van der Waals surface area contributed by atoms with Crippen molar-refractivity contribution < 1.29 is 4.79 Å². The largest absolute Gasteiger partial charge is 0.299 e. The molecule has 1 heterocycles. The second-order valence-corrected chi connectivity index (χ2v) is 9.90. The lowest BCUT2D eigenvalue weighted by Crippen LogP contribution is -2.50. The number of hydrazine groups is 1. The highest BCUT2D eigenvalue weighted by Gasteiger charge is 2.55. The Hall–Kier alpha value is -0.810. The summed E-state index contributed by atoms with van der Waals surface area (Å²) in [5.74, 6) is 4.39. The summed E-state index contributed by atoms with van der Waals surface area (Å²) in [6, 6.07) is 9.86. The monoisotopic (exact) mass is 348 g/mol. The molecule has 0 aromatic heterocycles. The van der Waals surface area contributed by atoms with Crippen molar-refractivity contribution >= 4 is 35.1 Å². The maximum atomic E-state index is 12.6. The van der Waals surface area contributed by atoms with Crippen LogP contribution in [0.4, 0.5) is 5.69 Å². The third-order valence-electron chi connectivity index (χ3n) is 5.59. The molecule has 3 fully saturated rings. The smallest absolute Gasteiger partial charge is 0.241 e. The van der Waals surface area contributed by atoms with Gasteiger partial charge in [0.25, 0.3) is 0 Å². The average molecular weight is 349 g/mol. The first-order valence-corrected chi connectivity index (χ1v) is 10.6. The normalized spacial score (nSPS) is 31.7. The summed E-state index contributed by atoms with van der Waals surface area (Å²) in [7, 11) is 0. The van der Waals surface area contributed by atoms with E-state index in [1.807, 2.05) is 30.3 Å². The number of nitrogens with one attached hydrogen (secondary N) is 2. The predicted octanol–water partition coefficient (Wildman–Crippen LogP) is 4.13. The Balaban J connectivity index is 1.40. The molecule has 2 aliphatic carbocycles. The molecule has 2 unspecified atom stereocenters. The zero-order chi connectivity index (χ0) is 15.7. The van der Waals surface area contributed by atoms with Crippen LogP contribution in [-0.4, -0.2) is 21.5 Å². The molecule has 3 aliphatic rings. The summed E-state index contributed by atoms with van der Waals surface area (Å²) >= 11 is 4.39. The van der Waals surface area contributed by atoms with Crippen molar-refractivity contribution in [2.75, 3.05) is 16.9 Å². The number of carbonyl (C=O) groups is 1. The van der Waals surface area contributed by atoms with Gasteiger partial charge in [0.05, 0.1) is 9.77 Å². The van der Waals surface area contributed by atoms with E-state index >= 15 is 0 Å². The molecular weight excluding hydrogens is 324 g/mol. The number of para-hydroxylation sites is 1. The summed E-state index contributed by atoms with van der Waals surface area (Å²) in [6.45, 7) is 0. The van der Waals surface area contributed by atoms with Gasteiger partial charge in [0.2, 0.25) is 5.91 Å². The Morgan fingerprint density at radius 3 is 2.35 bits per heavy atom. The molecule has 1 aromatic carbocycles. The van der Waals surface area contributed by atoms with Crippen molar-refractivity contribution in [2.24, 2.45) is 17.8 Å². The van der Waals surface area contributed by atoms with Crippen molar-refractivity contribution in [3.05, 3.63) is 30.3 Å². The highest BCUT2D eigenvalue weighted by Crippen LogP contribution is 2.64. The van der Waals surface area contributed by atoms with Crippen molar-refractivity contribution in [2.45, 2.75) is 36.2 Å². The Bertz CT molecular complexity index is 543. The van der Waals surface area contributed by atoms with Crippen LogP contribution in [0.3, 0.4) is 0 Å². The number of amides is 1. The highest BCUT2D eigenvalue weighted by molar-refractivity contribution is 8.21. The van der Waals surface area contributed by atoms with E-state index in [-0.39, 0.29) is 11.8 Å². The van der Waals surface area contributed by atoms with Crippen LogP contribution in [0, 0.1) is 17.8 Å². The van der Waals surface area contributed by atoms with E-state index in [9.17, 15) is 4.79 Å². The van der Waals surface area contributed by atoms with Crippen molar-refractivity contribution in [3.63, 3.8) is 0 Å². The van der Waals surface area contributed by atoms with Gasteiger partial charge in [-0.25, -0.2) is 0 Å². The summed E-state index contributed by atoms with van der Waals surface area (Å²) in [4.78, 5) is 12.6. The molecule has 0 radical (unpaired) electrons. The Kier molecular flexibility index (Phi) is 4.50. The number of rotatable bonds is 3. The first kappa shape index (κ1) is 15.7. The van der Waals surface area contributed by atoms with E-state index in [1.165, 1.54) is 30.8 Å². The summed E-state index contributed by atoms with van der Waals surface area (Å²) in [5.41, 5.74) is 6.93. The van der Waals surface area contributed by atoms with Gasteiger partial charge in [-0.15, -0.1) is 23.5 Å². The summed E-state index contributed by atoms with van der Waals surface area (Å²) < 4.78 is 0.446. The SMILES string of the molecule is O=C(NNc1ccccc1)C1CC2CCCC(C1)C21SCCS1. The highest BCUT2D eigenvalue weighted by atomic mass is 32.2. The third kappa shape index (κ3) is 2.98. The van der Waals surface area contributed by atoms with Crippen LogP contribution in [0.15, 0.2) is 30.3 Å². The quantitative estimate of drug-likeness (QED) is 0.806. The maximum absolute atomic E-state index is 12.6. The molecule has 2 N–H and O–H groups in total. The van der Waals surface area contributed by atoms with Gasteiger partial charge in [-0.3, -0.25) is 15.6 Å². The van der Waals surface area contributed by atoms with Gasteiger partial charge >= 0.3 is 0 Å². The van der Waals surface area contributed by atoms with Gasteiger partial charge in [0.15, 0.2) is 0 Å². The molecule has 5 heteroatoms. The van der Waals surface area contributed by atoms with Crippen LogP contribution in [0.2, 0.25) is 0 Å². The Morgan fingerprint density at radius 1 is 1.04 bits per heavy atom. The topological polar surface area (TPSA) is 41.1 Å². The van der Waals surface area contributed by atoms with Gasteiger partial charge in [-0.05, 0) is 49.7 Å². The van der Waals surface area contributed by atoms with Crippen LogP contribution >= 0.6 is 23.5 Å². The number of thioether (sulfide) groups is 2. The van der Waals surface area contributed by atoms with E-state index in [1.54, 1.807) is 0 Å². The maximum Gasteiger partial charge on any atom is 0.241 e. The lowest BCUT2D eigenvalue weighted by Gasteiger charge is -2.52. The lowest BCUT2D eigenvalue weighted by molar-refractivity contribution is -0.127. The Morgan fingerprint density at radius 2 is 1.70 bits per heavy atom. The van der Waals surface area contributed by atoms with Crippen LogP contribution in [0.25, 0.3) is 0 Å². The minimum atomic E-state index is 0.175. The first-order chi connectivity index (χ1) is 11.3. The van der Waals surface area contributed by atoms with Crippen LogP contribution in [-0.2, 0) is 4.79 Å². The van der Waals surface area contributed by atoms with E-state index in [0.717, 1.165) is 30.4 Å². The zero-order valence-corrected chi connectivity index (χ0v) is 14.9. The molecule has 1 saturated heterocycles. The number of hydrogen-bond acceptors (Lipinski definition) is 4. The molecule has 1 aliphatic heterocycles. The molecule has 3 nitrogen and oxygen atoms in total. The number of hydrogen-bond donors (Lipinski definition) is 2. The lowest BCUT2D eigenvalue weighted by atomic mass is 9.67. The van der Waals surface area contributed by atoms with Crippen molar-refractivity contribution in [3.8, 4) is 0 Å². The number of benzene rings is 1. The van der Waals surface area contributed by atoms with E-state index < -0.39 is 0 Å². The molecule has 2 saturated carbocycles. The van der Waals surface area contributed by atoms with Crippen LogP contribution in [0.1, 0.15) is 32.1 Å². The summed E-state index contributed by atoms with van der Waals surface area (Å²) in [5, 5.41) is 0. The number of anilines is 1. The fourth-order valence-corrected chi connectivity index (χ4v) is 8.52. The standard InChI is InChI=1S/C18H24N2OS2/c21-17(20-19-16-7-2-1-3-8-16)13-11-14-5-4-6-15(12-13)18(14)22-9-10-23-18/h1-3,7-8,13-15,19H,4-6,9-12H2,(H,20,21). The van der Waals surface area contributed by atoms with Crippen molar-refractivity contribution in [1.82, 2.24) is 5.43 Å². The second-order valence-electron chi connectivity index (χ2n) is 6.89. The second kappa shape index (κ2) is 6.60. The molecule has 23 heavy (non-hydrogen) atoms. The van der Waals surface area contributed by atoms with E-state index in [0.29, 0.717) is 4.08 Å². The van der Waals surface area contributed by atoms with Crippen LogP contribution in [0.5, 0.6) is 0 Å². The molecule has 2 bridgehead atoms. The predicted molar refractivity (Wildman–Crippen MR) is 99.4 cm³/mol. The minimum absolute atomic E-state index is 0.175. The van der Waals surface area contributed by atoms with Crippen molar-refractivity contribution in [1.29, 1.82) is 0 Å². The summed E-state index contributed by atoms with van der Waals surface area (Å²) in [6.07, 6.45) is 6.12. The minimum Gasteiger partial charge on any atom is -0.299 e. The molecule has 2 atom stereocenters. The molecular formula is C18H24N2OS2. The van der Waals surface area contributed by atoms with E-state index in [2.05, 4.69) is 34.4 Å². The molecule has 124 valence electrons. The molecule has 1 amide bonds. The van der Waals surface area contributed by atoms with Gasteiger partial charge in [0, 0.05) is 17.4 Å². The fourth-order valence-electron chi connectivity index (χ4n) is 4.58. The van der Waals surface area contributed by atoms with Gasteiger partial charge in [-0.1, -0.05) is 24.6 Å². The zero-order valence-electron chi connectivity index (χ0n) is 13.3. The van der Waals surface area contributed by atoms with E-state index in [4.69, 9.17) is 0 Å².